The van der Waals surface area contributed by atoms with Crippen LogP contribution in [0.25, 0.3) is 10.2 Å². The van der Waals surface area contributed by atoms with Gasteiger partial charge in [0.1, 0.15) is 10.7 Å². The van der Waals surface area contributed by atoms with Gasteiger partial charge in [-0.15, -0.1) is 11.3 Å². The van der Waals surface area contributed by atoms with E-state index in [1.165, 1.54) is 10.4 Å². The Morgan fingerprint density at radius 3 is 2.83 bits per heavy atom. The Hall–Kier alpha value is -2.02. The van der Waals surface area contributed by atoms with Crippen LogP contribution >= 0.6 is 11.3 Å². The van der Waals surface area contributed by atoms with Crippen LogP contribution in [0.15, 0.2) is 35.1 Å². The first-order valence-electron chi connectivity index (χ1n) is 10.6. The van der Waals surface area contributed by atoms with Crippen LogP contribution in [-0.2, 0) is 19.4 Å². The zero-order valence-corrected chi connectivity index (χ0v) is 17.5. The van der Waals surface area contributed by atoms with Gasteiger partial charge in [-0.25, -0.2) is 4.98 Å². The number of aliphatic hydroxyl groups excluding tert-OH is 1. The summed E-state index contributed by atoms with van der Waals surface area (Å²) in [6.45, 7) is 3.40. The van der Waals surface area contributed by atoms with Gasteiger partial charge in [-0.3, -0.25) is 9.69 Å². The number of nitrogens with zero attached hydrogens (tertiary/aromatic N) is 2. The zero-order chi connectivity index (χ0) is 20.0. The molecular formula is C23H27N3O2S. The number of aryl methyl sites for hydroxylation is 1. The van der Waals surface area contributed by atoms with Crippen LogP contribution < -0.4 is 5.56 Å². The Kier molecular flexibility index (Phi) is 5.02. The standard InChI is InChI=1S/C23H27N3O2S/c1-14-7-10-17-19(11-14)29-23-21(17)22(28)24-20(25-23)13-26(16-8-9-16)12-18(27)15-5-3-2-4-6-15/h2-6,14,16,18,27H,7-13H2,1H3,(H,24,25,28). The Morgan fingerprint density at radius 1 is 1.28 bits per heavy atom. The summed E-state index contributed by atoms with van der Waals surface area (Å²) < 4.78 is 0. The van der Waals surface area contributed by atoms with Gasteiger partial charge in [0.05, 0.1) is 18.0 Å². The summed E-state index contributed by atoms with van der Waals surface area (Å²) in [6.07, 6.45) is 4.93. The summed E-state index contributed by atoms with van der Waals surface area (Å²) in [5.74, 6) is 1.39. The molecule has 0 aliphatic heterocycles. The molecule has 0 spiro atoms. The summed E-state index contributed by atoms with van der Waals surface area (Å²) >= 11 is 1.69. The number of hydrogen-bond donors (Lipinski definition) is 2. The number of fused-ring (bicyclic) bond motifs is 3. The first kappa shape index (κ1) is 19.0. The monoisotopic (exact) mass is 409 g/mol. The molecule has 29 heavy (non-hydrogen) atoms. The van der Waals surface area contributed by atoms with Gasteiger partial charge in [0, 0.05) is 17.5 Å². The number of aliphatic hydroxyl groups is 1. The molecule has 2 unspecified atom stereocenters. The fraction of sp³-hybridized carbons (Fsp3) is 0.478. The molecule has 0 saturated heterocycles. The SMILES string of the molecule is CC1CCc2c(sc3nc(CN(CC(O)c4ccccc4)C4CC4)[nH]c(=O)c23)C1. The number of nitrogens with one attached hydrogen (secondary N) is 1. The molecular weight excluding hydrogens is 382 g/mol. The van der Waals surface area contributed by atoms with Crippen molar-refractivity contribution in [1.82, 2.24) is 14.9 Å². The van der Waals surface area contributed by atoms with E-state index in [0.717, 1.165) is 47.9 Å². The average molecular weight is 410 g/mol. The number of aromatic amines is 1. The van der Waals surface area contributed by atoms with Gasteiger partial charge >= 0.3 is 0 Å². The number of thiophene rings is 1. The van der Waals surface area contributed by atoms with E-state index in [4.69, 9.17) is 4.98 Å². The highest BCUT2D eigenvalue weighted by Crippen LogP contribution is 2.36. The predicted octanol–water partition coefficient (Wildman–Crippen LogP) is 3.81. The minimum absolute atomic E-state index is 0.00333. The fourth-order valence-corrected chi connectivity index (χ4v) is 5.85. The van der Waals surface area contributed by atoms with E-state index in [0.29, 0.717) is 30.9 Å². The molecule has 152 valence electrons. The lowest BCUT2D eigenvalue weighted by Gasteiger charge is -2.24. The lowest BCUT2D eigenvalue weighted by Crippen LogP contribution is -2.32. The summed E-state index contributed by atoms with van der Waals surface area (Å²) in [4.78, 5) is 25.2. The molecule has 2 N–H and O–H groups in total. The molecule has 1 aromatic carbocycles. The van der Waals surface area contributed by atoms with E-state index in [1.54, 1.807) is 11.3 Å². The van der Waals surface area contributed by atoms with Gasteiger partial charge in [0.25, 0.3) is 5.56 Å². The van der Waals surface area contributed by atoms with Crippen LogP contribution in [0.3, 0.4) is 0 Å². The molecule has 2 aliphatic rings. The van der Waals surface area contributed by atoms with Crippen LogP contribution in [-0.4, -0.2) is 32.6 Å². The van der Waals surface area contributed by atoms with Crippen molar-refractivity contribution in [3.8, 4) is 0 Å². The maximum Gasteiger partial charge on any atom is 0.259 e. The van der Waals surface area contributed by atoms with Crippen molar-refractivity contribution < 1.29 is 5.11 Å². The molecule has 3 aromatic rings. The third-order valence-corrected chi connectivity index (χ3v) is 7.37. The Morgan fingerprint density at radius 2 is 2.07 bits per heavy atom. The Labute approximate surface area is 174 Å². The van der Waals surface area contributed by atoms with E-state index in [2.05, 4.69) is 16.8 Å². The van der Waals surface area contributed by atoms with Crippen LogP contribution in [0, 0.1) is 5.92 Å². The largest absolute Gasteiger partial charge is 0.387 e. The Bertz CT molecular complexity index is 1070. The molecule has 6 heteroatoms. The van der Waals surface area contributed by atoms with Gasteiger partial charge in [0.15, 0.2) is 0 Å². The van der Waals surface area contributed by atoms with Crippen LogP contribution in [0.2, 0.25) is 0 Å². The first-order valence-corrected chi connectivity index (χ1v) is 11.4. The lowest BCUT2D eigenvalue weighted by atomic mass is 9.89. The van der Waals surface area contributed by atoms with Gasteiger partial charge in [0.2, 0.25) is 0 Å². The van der Waals surface area contributed by atoms with Crippen LogP contribution in [0.1, 0.15) is 54.1 Å². The highest BCUT2D eigenvalue weighted by molar-refractivity contribution is 7.18. The van der Waals surface area contributed by atoms with E-state index < -0.39 is 6.10 Å². The summed E-state index contributed by atoms with van der Waals surface area (Å²) in [7, 11) is 0. The van der Waals surface area contributed by atoms with Gasteiger partial charge < -0.3 is 10.1 Å². The smallest absolute Gasteiger partial charge is 0.259 e. The molecule has 1 fully saturated rings. The third kappa shape index (κ3) is 3.89. The van der Waals surface area contributed by atoms with Crippen molar-refractivity contribution in [2.75, 3.05) is 6.54 Å². The summed E-state index contributed by atoms with van der Waals surface area (Å²) in [5, 5.41) is 11.5. The summed E-state index contributed by atoms with van der Waals surface area (Å²) in [5.41, 5.74) is 2.15. The predicted molar refractivity (Wildman–Crippen MR) is 116 cm³/mol. The molecule has 2 aliphatic carbocycles. The normalized spacial score (nSPS) is 20.2. The zero-order valence-electron chi connectivity index (χ0n) is 16.7. The first-order chi connectivity index (χ1) is 14.1. The van der Waals surface area contributed by atoms with Crippen molar-refractivity contribution >= 4 is 21.6 Å². The molecule has 5 rings (SSSR count). The van der Waals surface area contributed by atoms with Crippen LogP contribution in [0.5, 0.6) is 0 Å². The molecule has 5 nitrogen and oxygen atoms in total. The number of rotatable bonds is 6. The molecule has 0 bridgehead atoms. The van der Waals surface area contributed by atoms with Crippen molar-refractivity contribution in [3.63, 3.8) is 0 Å². The lowest BCUT2D eigenvalue weighted by molar-refractivity contribution is 0.103. The van der Waals surface area contributed by atoms with Gasteiger partial charge in [-0.05, 0) is 49.1 Å². The van der Waals surface area contributed by atoms with E-state index in [9.17, 15) is 9.90 Å². The van der Waals surface area contributed by atoms with E-state index >= 15 is 0 Å². The van der Waals surface area contributed by atoms with Crippen molar-refractivity contribution in [2.45, 2.75) is 57.7 Å². The third-order valence-electron chi connectivity index (χ3n) is 6.22. The highest BCUT2D eigenvalue weighted by Gasteiger charge is 2.31. The quantitative estimate of drug-likeness (QED) is 0.650. The minimum Gasteiger partial charge on any atom is -0.387 e. The molecule has 2 aromatic heterocycles. The maximum atomic E-state index is 12.9. The number of hydrogen-bond acceptors (Lipinski definition) is 5. The summed E-state index contributed by atoms with van der Waals surface area (Å²) in [6, 6.07) is 10.2. The molecule has 0 radical (unpaired) electrons. The molecule has 1 saturated carbocycles. The topological polar surface area (TPSA) is 69.2 Å². The van der Waals surface area contributed by atoms with Crippen LogP contribution in [0.4, 0.5) is 0 Å². The maximum absolute atomic E-state index is 12.9. The molecule has 0 amide bonds. The van der Waals surface area contributed by atoms with Gasteiger partial charge in [-0.2, -0.15) is 0 Å². The second-order valence-corrected chi connectivity index (χ2v) is 9.72. The second-order valence-electron chi connectivity index (χ2n) is 8.63. The highest BCUT2D eigenvalue weighted by atomic mass is 32.1. The van der Waals surface area contributed by atoms with Crippen molar-refractivity contribution in [3.05, 3.63) is 62.5 Å². The fourth-order valence-electron chi connectivity index (χ4n) is 4.45. The minimum atomic E-state index is -0.539. The Balaban J connectivity index is 1.40. The van der Waals surface area contributed by atoms with Crippen molar-refractivity contribution in [2.24, 2.45) is 5.92 Å². The average Bonchev–Trinajstić information content (AvgIpc) is 3.49. The van der Waals surface area contributed by atoms with E-state index in [-0.39, 0.29) is 5.56 Å². The number of benzene rings is 1. The molecule has 2 heterocycles. The number of H-pyrrole nitrogens is 1. The number of aromatic nitrogens is 2. The van der Waals surface area contributed by atoms with Crippen molar-refractivity contribution in [1.29, 1.82) is 0 Å². The molecule has 2 atom stereocenters. The van der Waals surface area contributed by atoms with E-state index in [1.807, 2.05) is 30.3 Å². The second kappa shape index (κ2) is 7.67. The van der Waals surface area contributed by atoms with Gasteiger partial charge in [-0.1, -0.05) is 37.3 Å².